The van der Waals surface area contributed by atoms with E-state index >= 15 is 0 Å². The molecule has 118 valence electrons. The summed E-state index contributed by atoms with van der Waals surface area (Å²) in [5, 5.41) is 5.76. The summed E-state index contributed by atoms with van der Waals surface area (Å²) in [4.78, 5) is 27.7. The summed E-state index contributed by atoms with van der Waals surface area (Å²) in [5.74, 6) is -0.691. The van der Waals surface area contributed by atoms with Gasteiger partial charge in [0.1, 0.15) is 0 Å². The van der Waals surface area contributed by atoms with E-state index in [9.17, 15) is 9.59 Å². The molecule has 0 atom stereocenters. The van der Waals surface area contributed by atoms with Crippen LogP contribution in [0.3, 0.4) is 0 Å². The van der Waals surface area contributed by atoms with Crippen LogP contribution in [0.1, 0.15) is 20.7 Å². The molecule has 1 amide bonds. The maximum Gasteiger partial charge on any atom is 0.339 e. The minimum atomic E-state index is -0.444. The van der Waals surface area contributed by atoms with Crippen molar-refractivity contribution in [3.63, 3.8) is 0 Å². The molecular weight excluding hydrogens is 294 g/mol. The van der Waals surface area contributed by atoms with E-state index in [0.29, 0.717) is 29.0 Å². The number of amides is 1. The maximum absolute atomic E-state index is 11.9. The Morgan fingerprint density at radius 2 is 2.09 bits per heavy atom. The van der Waals surface area contributed by atoms with Gasteiger partial charge in [-0.05, 0) is 18.2 Å². The van der Waals surface area contributed by atoms with Crippen LogP contribution in [0, 0.1) is 0 Å². The van der Waals surface area contributed by atoms with Crippen LogP contribution in [0.2, 0.25) is 0 Å². The van der Waals surface area contributed by atoms with Crippen molar-refractivity contribution in [3.8, 4) is 0 Å². The van der Waals surface area contributed by atoms with Gasteiger partial charge in [0.15, 0.2) is 0 Å². The Bertz CT molecular complexity index is 729. The number of nitrogens with zero attached hydrogens (tertiary/aromatic N) is 1. The van der Waals surface area contributed by atoms with E-state index in [1.54, 1.807) is 42.6 Å². The van der Waals surface area contributed by atoms with Crippen LogP contribution in [-0.2, 0) is 4.74 Å². The van der Waals surface area contributed by atoms with Gasteiger partial charge in [-0.25, -0.2) is 4.79 Å². The molecule has 0 spiro atoms. The van der Waals surface area contributed by atoms with Crippen LogP contribution in [0.25, 0.3) is 0 Å². The number of methoxy groups -OCH3 is 1. The summed E-state index contributed by atoms with van der Waals surface area (Å²) in [7, 11) is 1.32. The molecule has 23 heavy (non-hydrogen) atoms. The lowest BCUT2D eigenvalue weighted by Crippen LogP contribution is -2.23. The highest BCUT2D eigenvalue weighted by molar-refractivity contribution is 5.97. The molecule has 0 aliphatic rings. The van der Waals surface area contributed by atoms with Crippen molar-refractivity contribution in [3.05, 3.63) is 66.5 Å². The van der Waals surface area contributed by atoms with E-state index in [4.69, 9.17) is 4.74 Å². The van der Waals surface area contributed by atoms with Crippen molar-refractivity contribution >= 4 is 23.3 Å². The highest BCUT2D eigenvalue weighted by Gasteiger charge is 2.12. The summed E-state index contributed by atoms with van der Waals surface area (Å²) >= 11 is 0. The number of hydrogen-bond acceptors (Lipinski definition) is 5. The monoisotopic (exact) mass is 311 g/mol. The number of rotatable bonds is 6. The molecule has 0 fully saturated rings. The lowest BCUT2D eigenvalue weighted by molar-refractivity contribution is 0.0601. The largest absolute Gasteiger partial charge is 0.465 e. The number of carbonyl (C=O) groups is 2. The van der Waals surface area contributed by atoms with Crippen LogP contribution in [0.15, 0.2) is 55.4 Å². The molecule has 0 aliphatic heterocycles. The molecule has 0 bridgehead atoms. The second-order valence-electron chi connectivity index (χ2n) is 4.62. The molecule has 6 nitrogen and oxygen atoms in total. The Morgan fingerprint density at radius 3 is 2.83 bits per heavy atom. The summed E-state index contributed by atoms with van der Waals surface area (Å²) < 4.78 is 4.75. The zero-order chi connectivity index (χ0) is 16.7. The number of ether oxygens (including phenoxy) is 1. The normalized spacial score (nSPS) is 9.78. The van der Waals surface area contributed by atoms with Gasteiger partial charge in [-0.15, -0.1) is 6.58 Å². The van der Waals surface area contributed by atoms with Crippen molar-refractivity contribution < 1.29 is 14.3 Å². The predicted molar refractivity (Wildman–Crippen MR) is 87.8 cm³/mol. The summed E-state index contributed by atoms with van der Waals surface area (Å²) in [6.45, 7) is 3.92. The fourth-order valence-corrected chi connectivity index (χ4v) is 1.93. The first-order chi connectivity index (χ1) is 11.2. The molecule has 1 aromatic heterocycles. The Labute approximate surface area is 134 Å². The third-order valence-corrected chi connectivity index (χ3v) is 3.02. The smallest absolute Gasteiger partial charge is 0.339 e. The third kappa shape index (κ3) is 4.16. The highest BCUT2D eigenvalue weighted by Crippen LogP contribution is 2.21. The number of anilines is 2. The number of nitrogens with one attached hydrogen (secondary N) is 2. The Morgan fingerprint density at radius 1 is 1.30 bits per heavy atom. The minimum Gasteiger partial charge on any atom is -0.465 e. The molecule has 1 heterocycles. The molecule has 1 aromatic carbocycles. The van der Waals surface area contributed by atoms with Crippen LogP contribution >= 0.6 is 0 Å². The van der Waals surface area contributed by atoms with Gasteiger partial charge >= 0.3 is 5.97 Å². The first-order valence-electron chi connectivity index (χ1n) is 6.94. The van der Waals surface area contributed by atoms with E-state index in [1.165, 1.54) is 13.3 Å². The minimum absolute atomic E-state index is 0.248. The summed E-state index contributed by atoms with van der Waals surface area (Å²) in [6, 6.07) is 8.59. The van der Waals surface area contributed by atoms with E-state index in [1.807, 2.05) is 0 Å². The van der Waals surface area contributed by atoms with Gasteiger partial charge in [-0.2, -0.15) is 0 Å². The first-order valence-corrected chi connectivity index (χ1v) is 6.94. The summed E-state index contributed by atoms with van der Waals surface area (Å²) in [6.07, 6.45) is 4.63. The van der Waals surface area contributed by atoms with Gasteiger partial charge in [0.2, 0.25) is 0 Å². The second kappa shape index (κ2) is 7.74. The maximum atomic E-state index is 11.9. The second-order valence-corrected chi connectivity index (χ2v) is 4.62. The molecule has 0 radical (unpaired) electrons. The van der Waals surface area contributed by atoms with E-state index in [-0.39, 0.29) is 5.91 Å². The fourth-order valence-electron chi connectivity index (χ4n) is 1.93. The Kier molecular flexibility index (Phi) is 5.46. The molecule has 0 aliphatic carbocycles. The zero-order valence-corrected chi connectivity index (χ0v) is 12.7. The highest BCUT2D eigenvalue weighted by atomic mass is 16.5. The Hall–Kier alpha value is -3.15. The van der Waals surface area contributed by atoms with Gasteiger partial charge < -0.3 is 15.4 Å². The molecular formula is C17H17N3O3. The van der Waals surface area contributed by atoms with Crippen molar-refractivity contribution in [2.45, 2.75) is 0 Å². The van der Waals surface area contributed by atoms with Gasteiger partial charge in [-0.1, -0.05) is 18.2 Å². The Balaban J connectivity index is 2.23. The molecule has 2 rings (SSSR count). The lowest BCUT2D eigenvalue weighted by atomic mass is 10.1. The van der Waals surface area contributed by atoms with Crippen LogP contribution in [0.4, 0.5) is 11.4 Å². The lowest BCUT2D eigenvalue weighted by Gasteiger charge is -2.11. The van der Waals surface area contributed by atoms with Gasteiger partial charge in [0.25, 0.3) is 5.91 Å². The van der Waals surface area contributed by atoms with Gasteiger partial charge in [-0.3, -0.25) is 9.78 Å². The van der Waals surface area contributed by atoms with Crippen molar-refractivity contribution in [1.82, 2.24) is 10.3 Å². The standard InChI is InChI=1S/C17H17N3O3/c1-3-8-19-16(21)12-9-13(11-18-10-12)20-15-7-5-4-6-14(15)17(22)23-2/h3-7,9-11,20H,1,8H2,2H3,(H,19,21). The number of hydrogen-bond donors (Lipinski definition) is 2. The average molecular weight is 311 g/mol. The topological polar surface area (TPSA) is 80.3 Å². The van der Waals surface area contributed by atoms with Crippen molar-refractivity contribution in [1.29, 1.82) is 0 Å². The molecule has 2 N–H and O–H groups in total. The number of pyridine rings is 1. The number of aromatic nitrogens is 1. The van der Waals surface area contributed by atoms with Crippen molar-refractivity contribution in [2.24, 2.45) is 0 Å². The predicted octanol–water partition coefficient (Wildman–Crippen LogP) is 2.53. The number of para-hydroxylation sites is 1. The molecule has 0 unspecified atom stereocenters. The van der Waals surface area contributed by atoms with Crippen molar-refractivity contribution in [2.75, 3.05) is 19.0 Å². The molecule has 0 saturated carbocycles. The quantitative estimate of drug-likeness (QED) is 0.633. The summed E-state index contributed by atoms with van der Waals surface area (Å²) in [5.41, 5.74) is 1.97. The van der Waals surface area contributed by atoms with Crippen LogP contribution in [0.5, 0.6) is 0 Å². The SMILES string of the molecule is C=CCNC(=O)c1cncc(Nc2ccccc2C(=O)OC)c1. The van der Waals surface area contributed by atoms with Crippen LogP contribution < -0.4 is 10.6 Å². The van der Waals surface area contributed by atoms with Gasteiger partial charge in [0, 0.05) is 12.7 Å². The first kappa shape index (κ1) is 16.2. The van der Waals surface area contributed by atoms with Crippen LogP contribution in [-0.4, -0.2) is 30.5 Å². The number of benzene rings is 1. The zero-order valence-electron chi connectivity index (χ0n) is 12.7. The molecule has 0 saturated heterocycles. The molecule has 6 heteroatoms. The van der Waals surface area contributed by atoms with E-state index in [0.717, 1.165) is 0 Å². The number of carbonyl (C=O) groups excluding carboxylic acids is 2. The fraction of sp³-hybridized carbons (Fsp3) is 0.118. The molecule has 2 aromatic rings. The number of esters is 1. The average Bonchev–Trinajstić information content (AvgIpc) is 2.59. The van der Waals surface area contributed by atoms with E-state index < -0.39 is 5.97 Å². The van der Waals surface area contributed by atoms with E-state index in [2.05, 4.69) is 22.2 Å². The van der Waals surface area contributed by atoms with Gasteiger partial charge in [0.05, 0.1) is 35.8 Å². The third-order valence-electron chi connectivity index (χ3n) is 3.02.